The highest BCUT2D eigenvalue weighted by Gasteiger charge is 2.40. The van der Waals surface area contributed by atoms with Crippen LogP contribution in [0.25, 0.3) is 0 Å². The molecule has 10 nitrogen and oxygen atoms in total. The largest absolute Gasteiger partial charge is 0.508 e. The van der Waals surface area contributed by atoms with Gasteiger partial charge in [0.25, 0.3) is 0 Å². The molecule has 1 aliphatic rings. The molecule has 1 fully saturated rings. The molecule has 6 N–H and O–H groups in total. The molecule has 1 aromatic rings. The monoisotopic (exact) mass is 494 g/mol. The molecule has 5 atom stereocenters. The summed E-state index contributed by atoms with van der Waals surface area (Å²) < 4.78 is 0. The third-order valence-electron chi connectivity index (χ3n) is 6.14. The number of carboxylic acid groups (broad SMARTS) is 1. The maximum Gasteiger partial charge on any atom is 0.327 e. The number of nitrogens with two attached hydrogens (primary N) is 1. The summed E-state index contributed by atoms with van der Waals surface area (Å²) in [7, 11) is 0. The number of aliphatic carboxylic acids is 1. The summed E-state index contributed by atoms with van der Waals surface area (Å²) in [6.45, 7) is 4.06. The number of carboxylic acids is 1. The average molecular weight is 495 g/mol. The number of likely N-dealkylation sites (tertiary alicyclic amines) is 1. The van der Waals surface area contributed by atoms with E-state index in [9.17, 15) is 29.4 Å². The van der Waals surface area contributed by atoms with Gasteiger partial charge in [-0.3, -0.25) is 14.4 Å². The Balaban J connectivity index is 2.11. The second-order valence-electron chi connectivity index (χ2n) is 8.62. The molecule has 1 aliphatic heterocycles. The van der Waals surface area contributed by atoms with Crippen molar-refractivity contribution in [1.82, 2.24) is 15.5 Å². The Morgan fingerprint density at radius 2 is 1.85 bits per heavy atom. The molecular weight excluding hydrogens is 460 g/mol. The number of aromatic hydroxyl groups is 1. The van der Waals surface area contributed by atoms with Crippen LogP contribution in [-0.2, 0) is 25.6 Å². The van der Waals surface area contributed by atoms with Crippen LogP contribution in [0.3, 0.4) is 0 Å². The van der Waals surface area contributed by atoms with Gasteiger partial charge in [0, 0.05) is 12.3 Å². The van der Waals surface area contributed by atoms with Gasteiger partial charge in [0.2, 0.25) is 17.7 Å². The Bertz CT molecular complexity index is 881. The number of benzene rings is 1. The van der Waals surface area contributed by atoms with Crippen LogP contribution in [0.5, 0.6) is 5.75 Å². The van der Waals surface area contributed by atoms with Crippen molar-refractivity contribution in [2.75, 3.05) is 12.3 Å². The molecule has 0 bridgehead atoms. The molecule has 34 heavy (non-hydrogen) atoms. The molecule has 0 saturated carbocycles. The number of rotatable bonds is 11. The first-order valence-corrected chi connectivity index (χ1v) is 12.0. The molecule has 5 unspecified atom stereocenters. The SMILES string of the molecule is CCC(C)C(NC(=O)C(N)Cc1ccc(O)cc1)C(=O)N1CCCC1C(=O)NC(CS)C(=O)O. The minimum atomic E-state index is -1.20. The van der Waals surface area contributed by atoms with Crippen molar-refractivity contribution in [3.63, 3.8) is 0 Å². The van der Waals surface area contributed by atoms with Gasteiger partial charge >= 0.3 is 5.97 Å². The Morgan fingerprint density at radius 1 is 1.21 bits per heavy atom. The lowest BCUT2D eigenvalue weighted by molar-refractivity contribution is -0.145. The zero-order valence-electron chi connectivity index (χ0n) is 19.4. The Morgan fingerprint density at radius 3 is 2.41 bits per heavy atom. The topological polar surface area (TPSA) is 162 Å². The van der Waals surface area contributed by atoms with Gasteiger partial charge in [-0.1, -0.05) is 32.4 Å². The van der Waals surface area contributed by atoms with E-state index in [-0.39, 0.29) is 23.8 Å². The summed E-state index contributed by atoms with van der Waals surface area (Å²) in [5.41, 5.74) is 6.84. The highest BCUT2D eigenvalue weighted by atomic mass is 32.1. The number of nitrogens with zero attached hydrogens (tertiary/aromatic N) is 1. The predicted molar refractivity (Wildman–Crippen MR) is 129 cm³/mol. The number of hydrogen-bond donors (Lipinski definition) is 6. The number of phenols is 1. The summed E-state index contributed by atoms with van der Waals surface area (Å²) in [6, 6.07) is 2.59. The van der Waals surface area contributed by atoms with E-state index in [2.05, 4.69) is 23.3 Å². The first-order valence-electron chi connectivity index (χ1n) is 11.4. The highest BCUT2D eigenvalue weighted by Crippen LogP contribution is 2.22. The molecule has 0 spiro atoms. The maximum absolute atomic E-state index is 13.4. The summed E-state index contributed by atoms with van der Waals surface area (Å²) in [4.78, 5) is 51.7. The van der Waals surface area contributed by atoms with Crippen LogP contribution >= 0.6 is 12.6 Å². The van der Waals surface area contributed by atoms with Gasteiger partial charge in [-0.25, -0.2) is 4.79 Å². The molecule has 0 aliphatic carbocycles. The van der Waals surface area contributed by atoms with Crippen LogP contribution in [0.2, 0.25) is 0 Å². The molecule has 1 saturated heterocycles. The minimum absolute atomic E-state index is 0.0772. The van der Waals surface area contributed by atoms with Gasteiger partial charge in [0.1, 0.15) is 23.9 Å². The third-order valence-corrected chi connectivity index (χ3v) is 6.51. The fraction of sp³-hybridized carbons (Fsp3) is 0.565. The van der Waals surface area contributed by atoms with Crippen LogP contribution < -0.4 is 16.4 Å². The molecule has 1 heterocycles. The maximum atomic E-state index is 13.4. The zero-order valence-corrected chi connectivity index (χ0v) is 20.3. The lowest BCUT2D eigenvalue weighted by Gasteiger charge is -2.32. The van der Waals surface area contributed by atoms with Gasteiger partial charge < -0.3 is 31.5 Å². The number of amides is 3. The van der Waals surface area contributed by atoms with E-state index in [0.29, 0.717) is 25.8 Å². The van der Waals surface area contributed by atoms with E-state index in [0.717, 1.165) is 5.56 Å². The van der Waals surface area contributed by atoms with E-state index >= 15 is 0 Å². The lowest BCUT2D eigenvalue weighted by Crippen LogP contribution is -2.58. The second-order valence-corrected chi connectivity index (χ2v) is 8.99. The first-order chi connectivity index (χ1) is 16.1. The van der Waals surface area contributed by atoms with Crippen molar-refractivity contribution in [1.29, 1.82) is 0 Å². The molecule has 188 valence electrons. The number of hydrogen-bond acceptors (Lipinski definition) is 7. The second kappa shape index (κ2) is 12.6. The molecule has 0 aromatic heterocycles. The van der Waals surface area contributed by atoms with Crippen LogP contribution in [0, 0.1) is 5.92 Å². The number of carbonyl (C=O) groups is 4. The number of thiol groups is 1. The Kier molecular flexibility index (Phi) is 10.2. The van der Waals surface area contributed by atoms with E-state index in [1.54, 1.807) is 12.1 Å². The molecule has 1 aromatic carbocycles. The van der Waals surface area contributed by atoms with E-state index in [4.69, 9.17) is 5.73 Å². The minimum Gasteiger partial charge on any atom is -0.508 e. The van der Waals surface area contributed by atoms with Gasteiger partial charge in [-0.2, -0.15) is 12.6 Å². The highest BCUT2D eigenvalue weighted by molar-refractivity contribution is 7.80. The van der Waals surface area contributed by atoms with Crippen LogP contribution in [0.4, 0.5) is 0 Å². The molecule has 0 radical (unpaired) electrons. The predicted octanol–water partition coefficient (Wildman–Crippen LogP) is 0.283. The van der Waals surface area contributed by atoms with Crippen LogP contribution in [-0.4, -0.2) is 75.3 Å². The lowest BCUT2D eigenvalue weighted by atomic mass is 9.96. The average Bonchev–Trinajstić information content (AvgIpc) is 3.31. The van der Waals surface area contributed by atoms with E-state index < -0.39 is 47.9 Å². The standard InChI is InChI=1S/C23H34N4O6S/c1-3-13(2)19(26-20(29)16(24)11-14-6-8-15(28)9-7-14)22(31)27-10-4-5-18(27)21(30)25-17(12-34)23(32)33/h6-9,13,16-19,28,34H,3-5,10-12,24H2,1-2H3,(H,25,30)(H,26,29)(H,32,33). The fourth-order valence-corrected chi connectivity index (χ4v) is 4.10. The van der Waals surface area contributed by atoms with E-state index in [1.807, 2.05) is 13.8 Å². The number of carbonyl (C=O) groups excluding carboxylic acids is 3. The first kappa shape index (κ1) is 27.5. The molecule has 3 amide bonds. The molecule has 2 rings (SSSR count). The van der Waals surface area contributed by atoms with Gasteiger partial charge in [0.05, 0.1) is 6.04 Å². The Labute approximate surface area is 204 Å². The number of nitrogens with one attached hydrogen (secondary N) is 2. The summed E-state index contributed by atoms with van der Waals surface area (Å²) >= 11 is 3.96. The van der Waals surface area contributed by atoms with Crippen LogP contribution in [0.1, 0.15) is 38.7 Å². The van der Waals surface area contributed by atoms with Gasteiger partial charge in [-0.05, 0) is 42.9 Å². The Hall–Kier alpha value is -2.79. The molecule has 11 heteroatoms. The van der Waals surface area contributed by atoms with Crippen molar-refractivity contribution >= 4 is 36.3 Å². The van der Waals surface area contributed by atoms with E-state index in [1.165, 1.54) is 17.0 Å². The van der Waals surface area contributed by atoms with Crippen molar-refractivity contribution in [3.05, 3.63) is 29.8 Å². The van der Waals surface area contributed by atoms with Gasteiger partial charge in [0.15, 0.2) is 0 Å². The zero-order chi connectivity index (χ0) is 25.4. The quantitative estimate of drug-likeness (QED) is 0.241. The van der Waals surface area contributed by atoms with Crippen molar-refractivity contribution in [3.8, 4) is 5.75 Å². The molecular formula is C23H34N4O6S. The summed E-state index contributed by atoms with van der Waals surface area (Å²) in [5, 5.41) is 23.8. The van der Waals surface area contributed by atoms with Crippen molar-refractivity contribution in [2.45, 2.75) is 63.7 Å². The summed E-state index contributed by atoms with van der Waals surface area (Å²) in [5.74, 6) is -2.82. The normalized spacial score (nSPS) is 19.1. The van der Waals surface area contributed by atoms with Crippen LogP contribution in [0.15, 0.2) is 24.3 Å². The fourth-order valence-electron chi connectivity index (χ4n) is 3.86. The number of phenolic OH excluding ortho intramolecular Hbond substituents is 1. The van der Waals surface area contributed by atoms with Gasteiger partial charge in [-0.15, -0.1) is 0 Å². The van der Waals surface area contributed by atoms with Crippen molar-refractivity contribution in [2.24, 2.45) is 11.7 Å². The summed E-state index contributed by atoms with van der Waals surface area (Å²) in [6.07, 6.45) is 1.82. The third kappa shape index (κ3) is 7.10. The smallest absolute Gasteiger partial charge is 0.327 e. The van der Waals surface area contributed by atoms with Crippen molar-refractivity contribution < 1.29 is 29.4 Å².